The highest BCUT2D eigenvalue weighted by Crippen LogP contribution is 2.12. The molecule has 0 aliphatic heterocycles. The molecule has 0 saturated heterocycles. The maximum atomic E-state index is 6.03. The third-order valence-electron chi connectivity index (χ3n) is 2.62. The number of para-hydroxylation sites is 1. The second-order valence-electron chi connectivity index (χ2n) is 4.51. The van der Waals surface area contributed by atoms with Gasteiger partial charge in [0.2, 0.25) is 0 Å². The van der Waals surface area contributed by atoms with E-state index in [0.717, 1.165) is 11.4 Å². The van der Waals surface area contributed by atoms with E-state index in [9.17, 15) is 0 Å². The zero-order valence-electron chi connectivity index (χ0n) is 10.8. The molecule has 0 fully saturated rings. The molecule has 4 nitrogen and oxygen atoms in total. The monoisotopic (exact) mass is 245 g/mol. The normalized spacial score (nSPS) is 12.9. The van der Waals surface area contributed by atoms with E-state index < -0.39 is 0 Å². The topological polar surface area (TPSA) is 53.1 Å². The largest absolute Gasteiger partial charge is 0.377 e. The van der Waals surface area contributed by atoms with Gasteiger partial charge in [0.05, 0.1) is 30.1 Å². The summed E-state index contributed by atoms with van der Waals surface area (Å²) in [4.78, 5) is 0. The smallest absolute Gasteiger partial charge is 0.0819 e. The van der Waals surface area contributed by atoms with Crippen LogP contribution in [-0.4, -0.2) is 22.5 Å². The molecule has 1 aromatic carbocycles. The fourth-order valence-corrected chi connectivity index (χ4v) is 1.64. The van der Waals surface area contributed by atoms with Gasteiger partial charge in [0.15, 0.2) is 0 Å². The van der Waals surface area contributed by atoms with Crippen LogP contribution in [0.5, 0.6) is 0 Å². The number of aromatic nitrogens is 2. The lowest BCUT2D eigenvalue weighted by molar-refractivity contribution is 0.0676. The summed E-state index contributed by atoms with van der Waals surface area (Å²) >= 11 is 0. The Morgan fingerprint density at radius 3 is 2.61 bits per heavy atom. The maximum absolute atomic E-state index is 6.03. The highest BCUT2D eigenvalue weighted by molar-refractivity contribution is 5.30. The summed E-state index contributed by atoms with van der Waals surface area (Å²) in [6.07, 6.45) is 2.10. The Balaban J connectivity index is 2.06. The molecule has 0 saturated carbocycles. The van der Waals surface area contributed by atoms with Gasteiger partial charge in [0.1, 0.15) is 0 Å². The minimum Gasteiger partial charge on any atom is -0.377 e. The molecular weight excluding hydrogens is 226 g/mol. The van der Waals surface area contributed by atoms with Gasteiger partial charge in [-0.2, -0.15) is 5.10 Å². The van der Waals surface area contributed by atoms with Crippen molar-refractivity contribution >= 4 is 0 Å². The number of nitrogens with two attached hydrogens (primary N) is 1. The number of hydrogen-bond acceptors (Lipinski definition) is 3. The van der Waals surface area contributed by atoms with Gasteiger partial charge in [-0.15, -0.1) is 0 Å². The molecule has 2 N–H and O–H groups in total. The fourth-order valence-electron chi connectivity index (χ4n) is 1.64. The van der Waals surface area contributed by atoms with Crippen molar-refractivity contribution in [2.75, 3.05) is 6.61 Å². The van der Waals surface area contributed by atoms with Crippen LogP contribution < -0.4 is 5.73 Å². The second-order valence-corrected chi connectivity index (χ2v) is 4.51. The van der Waals surface area contributed by atoms with E-state index in [4.69, 9.17) is 10.5 Å². The lowest BCUT2D eigenvalue weighted by atomic mass is 10.2. The first-order chi connectivity index (χ1) is 8.66. The van der Waals surface area contributed by atoms with Crippen molar-refractivity contribution in [2.24, 2.45) is 5.73 Å². The van der Waals surface area contributed by atoms with Crippen molar-refractivity contribution in [3.05, 3.63) is 48.3 Å². The van der Waals surface area contributed by atoms with Crippen LogP contribution in [0.3, 0.4) is 0 Å². The minimum absolute atomic E-state index is 0.183. The van der Waals surface area contributed by atoms with Crippen molar-refractivity contribution in [2.45, 2.75) is 26.0 Å². The molecule has 0 radical (unpaired) electrons. The van der Waals surface area contributed by atoms with Gasteiger partial charge >= 0.3 is 0 Å². The summed E-state index contributed by atoms with van der Waals surface area (Å²) < 4.78 is 7.32. The number of nitrogens with zero attached hydrogens (tertiary/aromatic N) is 2. The molecule has 96 valence electrons. The second kappa shape index (κ2) is 5.80. The Labute approximate surface area is 107 Å². The Kier molecular flexibility index (Phi) is 4.12. The van der Waals surface area contributed by atoms with Gasteiger partial charge in [-0.25, -0.2) is 4.68 Å². The van der Waals surface area contributed by atoms with E-state index in [2.05, 4.69) is 5.10 Å². The Bertz CT molecular complexity index is 479. The molecule has 2 aromatic rings. The van der Waals surface area contributed by atoms with Gasteiger partial charge in [-0.3, -0.25) is 0 Å². The predicted molar refractivity (Wildman–Crippen MR) is 71.6 cm³/mol. The lowest BCUT2D eigenvalue weighted by Crippen LogP contribution is -2.20. The predicted octanol–water partition coefficient (Wildman–Crippen LogP) is 2.30. The van der Waals surface area contributed by atoms with E-state index in [-0.39, 0.29) is 12.1 Å². The average molecular weight is 245 g/mol. The molecule has 18 heavy (non-hydrogen) atoms. The minimum atomic E-state index is -0.183. The average Bonchev–Trinajstić information content (AvgIpc) is 2.86. The number of hydrogen-bond donors (Lipinski definition) is 1. The molecule has 0 aliphatic rings. The van der Waals surface area contributed by atoms with Gasteiger partial charge in [-0.05, 0) is 32.0 Å². The molecule has 1 unspecified atom stereocenters. The molecule has 1 atom stereocenters. The molecule has 4 heteroatoms. The first kappa shape index (κ1) is 12.8. The van der Waals surface area contributed by atoms with Gasteiger partial charge in [0.25, 0.3) is 0 Å². The van der Waals surface area contributed by atoms with E-state index in [1.807, 2.05) is 61.1 Å². The fraction of sp³-hybridized carbons (Fsp3) is 0.357. The van der Waals surface area contributed by atoms with Gasteiger partial charge < -0.3 is 10.5 Å². The summed E-state index contributed by atoms with van der Waals surface area (Å²) in [5, 5.41) is 4.47. The van der Waals surface area contributed by atoms with Crippen LogP contribution in [0.4, 0.5) is 0 Å². The summed E-state index contributed by atoms with van der Waals surface area (Å²) in [6.45, 7) is 4.48. The van der Waals surface area contributed by atoms with Crippen molar-refractivity contribution in [1.82, 2.24) is 9.78 Å². The lowest BCUT2D eigenvalue weighted by Gasteiger charge is -2.12. The Hall–Kier alpha value is -1.65. The van der Waals surface area contributed by atoms with Crippen molar-refractivity contribution in [3.63, 3.8) is 0 Å². The van der Waals surface area contributed by atoms with Crippen LogP contribution in [0, 0.1) is 0 Å². The molecule has 2 rings (SSSR count). The van der Waals surface area contributed by atoms with Gasteiger partial charge in [-0.1, -0.05) is 18.2 Å². The SMILES string of the molecule is CC(C)OCC(N)c1ccn(-c2ccccc2)n1. The summed E-state index contributed by atoms with van der Waals surface area (Å²) in [5.41, 5.74) is 7.91. The van der Waals surface area contributed by atoms with E-state index >= 15 is 0 Å². The molecule has 0 aliphatic carbocycles. The maximum Gasteiger partial charge on any atom is 0.0819 e. The zero-order valence-corrected chi connectivity index (χ0v) is 10.8. The first-order valence-corrected chi connectivity index (χ1v) is 6.15. The first-order valence-electron chi connectivity index (χ1n) is 6.15. The summed E-state index contributed by atoms with van der Waals surface area (Å²) in [7, 11) is 0. The third-order valence-corrected chi connectivity index (χ3v) is 2.62. The van der Waals surface area contributed by atoms with Crippen LogP contribution in [-0.2, 0) is 4.74 Å². The standard InChI is InChI=1S/C14H19N3O/c1-11(2)18-10-13(15)14-8-9-17(16-14)12-6-4-3-5-7-12/h3-9,11,13H,10,15H2,1-2H3. The van der Waals surface area contributed by atoms with E-state index in [0.29, 0.717) is 6.61 Å². The molecule has 1 heterocycles. The van der Waals surface area contributed by atoms with Crippen LogP contribution >= 0.6 is 0 Å². The summed E-state index contributed by atoms with van der Waals surface area (Å²) in [6, 6.07) is 11.7. The zero-order chi connectivity index (χ0) is 13.0. The summed E-state index contributed by atoms with van der Waals surface area (Å²) in [5.74, 6) is 0. The number of ether oxygens (including phenoxy) is 1. The van der Waals surface area contributed by atoms with Crippen LogP contribution in [0.15, 0.2) is 42.6 Å². The van der Waals surface area contributed by atoms with Crippen molar-refractivity contribution in [1.29, 1.82) is 0 Å². The van der Waals surface area contributed by atoms with Gasteiger partial charge in [0, 0.05) is 6.20 Å². The highest BCUT2D eigenvalue weighted by Gasteiger charge is 2.11. The number of rotatable bonds is 5. The molecule has 1 aromatic heterocycles. The van der Waals surface area contributed by atoms with Crippen LogP contribution in [0.25, 0.3) is 5.69 Å². The quantitative estimate of drug-likeness (QED) is 0.879. The van der Waals surface area contributed by atoms with E-state index in [1.54, 1.807) is 0 Å². The third kappa shape index (κ3) is 3.18. The highest BCUT2D eigenvalue weighted by atomic mass is 16.5. The Morgan fingerprint density at radius 1 is 1.22 bits per heavy atom. The Morgan fingerprint density at radius 2 is 1.94 bits per heavy atom. The number of benzene rings is 1. The van der Waals surface area contributed by atoms with Crippen LogP contribution in [0.1, 0.15) is 25.6 Å². The molecule has 0 amide bonds. The van der Waals surface area contributed by atoms with Crippen LogP contribution in [0.2, 0.25) is 0 Å². The molecule has 0 bridgehead atoms. The molecule has 0 spiro atoms. The van der Waals surface area contributed by atoms with E-state index in [1.165, 1.54) is 0 Å². The van der Waals surface area contributed by atoms with Crippen molar-refractivity contribution < 1.29 is 4.74 Å². The molecular formula is C14H19N3O. The van der Waals surface area contributed by atoms with Crippen molar-refractivity contribution in [3.8, 4) is 5.69 Å².